The van der Waals surface area contributed by atoms with E-state index in [1.54, 1.807) is 0 Å². The smallest absolute Gasteiger partial charge is 0.405 e. The Balaban J connectivity index is 1.18. The molecule has 0 bridgehead atoms. The van der Waals surface area contributed by atoms with Crippen LogP contribution in [0.2, 0.25) is 0 Å². The molecule has 1 aromatic heterocycles. The third-order valence-corrected chi connectivity index (χ3v) is 11.6. The fourth-order valence-corrected chi connectivity index (χ4v) is 6.53. The molecule has 0 aliphatic carbocycles. The Bertz CT molecular complexity index is 1890. The summed E-state index contributed by atoms with van der Waals surface area (Å²) >= 11 is 0. The molecular weight excluding hydrogens is 639 g/mol. The first-order chi connectivity index (χ1) is 23.8. The van der Waals surface area contributed by atoms with Crippen molar-refractivity contribution in [1.82, 2.24) is 15.0 Å². The van der Waals surface area contributed by atoms with Gasteiger partial charge in [-0.15, -0.1) is 0 Å². The zero-order chi connectivity index (χ0) is 36.6. The van der Waals surface area contributed by atoms with Crippen LogP contribution < -0.4 is 5.46 Å². The van der Waals surface area contributed by atoms with Gasteiger partial charge >= 0.3 is 21.1 Å². The highest BCUT2D eigenvalue weighted by atomic mass is 16.7. The van der Waals surface area contributed by atoms with Crippen molar-refractivity contribution in [1.29, 1.82) is 0 Å². The molecule has 0 saturated carbocycles. The summed E-state index contributed by atoms with van der Waals surface area (Å²) in [6.45, 7) is 22.6. The zero-order valence-corrected chi connectivity index (χ0v) is 31.7. The van der Waals surface area contributed by atoms with Crippen LogP contribution in [0.25, 0.3) is 34.2 Å². The topological polar surface area (TPSA) is 94.1 Å². The fourth-order valence-electron chi connectivity index (χ4n) is 6.53. The summed E-state index contributed by atoms with van der Waals surface area (Å²) in [5.41, 5.74) is 1.56. The molecule has 0 radical (unpaired) electrons. The van der Waals surface area contributed by atoms with Crippen molar-refractivity contribution in [3.8, 4) is 34.2 Å². The second-order valence-electron chi connectivity index (χ2n) is 16.7. The van der Waals surface area contributed by atoms with Crippen LogP contribution in [0.5, 0.6) is 0 Å². The summed E-state index contributed by atoms with van der Waals surface area (Å²) in [5, 5.41) is 0. The molecular formula is C39H48B3N3O6. The van der Waals surface area contributed by atoms with Gasteiger partial charge in [0.25, 0.3) is 0 Å². The van der Waals surface area contributed by atoms with Gasteiger partial charge in [0, 0.05) is 23.1 Å². The van der Waals surface area contributed by atoms with Crippen molar-refractivity contribution < 1.29 is 27.9 Å². The van der Waals surface area contributed by atoms with E-state index in [0.717, 1.165) is 27.7 Å². The Morgan fingerprint density at radius 2 is 0.902 bits per heavy atom. The monoisotopic (exact) mass is 687 g/mol. The molecule has 3 aliphatic rings. The van der Waals surface area contributed by atoms with Crippen molar-refractivity contribution in [2.45, 2.75) is 116 Å². The van der Waals surface area contributed by atoms with Gasteiger partial charge < -0.3 is 27.9 Å². The number of hydrogen-bond donors (Lipinski definition) is 0. The van der Waals surface area contributed by atoms with Gasteiger partial charge in [-0.3, -0.25) is 0 Å². The maximum Gasteiger partial charge on any atom is 0.494 e. The van der Waals surface area contributed by atoms with Gasteiger partial charge in [0.15, 0.2) is 17.5 Å². The molecule has 264 valence electrons. The van der Waals surface area contributed by atoms with Crippen LogP contribution in [0.1, 0.15) is 81.7 Å². The normalized spacial score (nSPS) is 24.3. The van der Waals surface area contributed by atoms with Gasteiger partial charge in [-0.25, -0.2) is 15.0 Å². The van der Waals surface area contributed by atoms with Crippen molar-refractivity contribution in [3.63, 3.8) is 0 Å². The molecule has 3 fully saturated rings. The van der Waals surface area contributed by atoms with E-state index in [4.69, 9.17) is 42.9 Å². The van der Waals surface area contributed by atoms with Crippen molar-refractivity contribution in [2.75, 3.05) is 0 Å². The molecule has 1 atom stereocenters. The number of benzene rings is 3. The quantitative estimate of drug-likeness (QED) is 0.191. The molecule has 3 saturated heterocycles. The molecule has 0 N–H and O–H groups in total. The first kappa shape index (κ1) is 36.0. The van der Waals surface area contributed by atoms with Gasteiger partial charge in [-0.05, 0) is 93.3 Å². The van der Waals surface area contributed by atoms with Crippen LogP contribution in [0.3, 0.4) is 0 Å². The molecule has 51 heavy (non-hydrogen) atoms. The Morgan fingerprint density at radius 3 is 1.47 bits per heavy atom. The van der Waals surface area contributed by atoms with Crippen LogP contribution in [0.4, 0.5) is 0 Å². The molecule has 4 aromatic rings. The Labute approximate surface area is 303 Å². The lowest BCUT2D eigenvalue weighted by Crippen LogP contribution is -2.46. The first-order valence-corrected chi connectivity index (χ1v) is 17.9. The summed E-state index contributed by atoms with van der Waals surface area (Å²) < 4.78 is 38.3. The van der Waals surface area contributed by atoms with E-state index in [1.807, 2.05) is 94.4 Å². The highest BCUT2D eigenvalue weighted by molar-refractivity contribution is 7.11. The van der Waals surface area contributed by atoms with Crippen LogP contribution >= 0.6 is 0 Å². The number of hydrogen-bond acceptors (Lipinski definition) is 9. The predicted molar refractivity (Wildman–Crippen MR) is 202 cm³/mol. The predicted octanol–water partition coefficient (Wildman–Crippen LogP) is 6.96. The summed E-state index contributed by atoms with van der Waals surface area (Å²) in [4.78, 5) is 14.9. The molecule has 0 amide bonds. The minimum Gasteiger partial charge on any atom is -0.405 e. The molecule has 9 nitrogen and oxygen atoms in total. The number of aromatic nitrogens is 3. The number of nitrogens with zero attached hydrogens (tertiary/aromatic N) is 3. The Morgan fingerprint density at radius 1 is 0.451 bits per heavy atom. The van der Waals surface area contributed by atoms with Crippen LogP contribution in [-0.4, -0.2) is 69.7 Å². The Kier molecular flexibility index (Phi) is 8.72. The van der Waals surface area contributed by atoms with Crippen LogP contribution in [0, 0.1) is 0 Å². The van der Waals surface area contributed by atoms with E-state index in [0.29, 0.717) is 23.9 Å². The molecule has 0 spiro atoms. The average molecular weight is 687 g/mol. The van der Waals surface area contributed by atoms with E-state index in [-0.39, 0.29) is 0 Å². The minimum absolute atomic E-state index is 0.419. The van der Waals surface area contributed by atoms with Gasteiger partial charge in [-0.2, -0.15) is 0 Å². The molecule has 3 aliphatic heterocycles. The van der Waals surface area contributed by atoms with Gasteiger partial charge in [0.1, 0.15) is 0 Å². The average Bonchev–Trinajstić information content (AvgIpc) is 3.55. The van der Waals surface area contributed by atoms with Crippen molar-refractivity contribution >= 4 is 26.6 Å². The SMILES string of the molecule is CC1(C)OB(B2OC(C)(C)C(C)(Cc3cccc(-c4nc(-c5ccccc5)nc(-c5ccc(B6OC(C)(C)C(C)(C)O6)cc5)n4)c3)O2)OC1(C)C. The lowest BCUT2D eigenvalue weighted by molar-refractivity contribution is -0.00876. The molecule has 12 heteroatoms. The van der Waals surface area contributed by atoms with E-state index in [1.165, 1.54) is 0 Å². The highest BCUT2D eigenvalue weighted by Gasteiger charge is 2.64. The maximum atomic E-state index is 6.68. The van der Waals surface area contributed by atoms with Gasteiger partial charge in [0.2, 0.25) is 0 Å². The van der Waals surface area contributed by atoms with Gasteiger partial charge in [0.05, 0.1) is 33.6 Å². The lowest BCUT2D eigenvalue weighted by atomic mass is 9.49. The van der Waals surface area contributed by atoms with Crippen LogP contribution in [0.15, 0.2) is 78.9 Å². The summed E-state index contributed by atoms with van der Waals surface area (Å²) in [6.07, 6.45) is 0.591. The molecule has 7 rings (SSSR count). The molecule has 4 heterocycles. The fraction of sp³-hybridized carbons (Fsp3) is 0.462. The molecule has 3 aromatic carbocycles. The zero-order valence-electron chi connectivity index (χ0n) is 31.7. The number of rotatable bonds is 7. The third kappa shape index (κ3) is 6.60. The van der Waals surface area contributed by atoms with Crippen LogP contribution in [-0.2, 0) is 34.3 Å². The lowest BCUT2D eigenvalue weighted by Gasteiger charge is -2.36. The Hall–Kier alpha value is -3.38. The largest absolute Gasteiger partial charge is 0.494 e. The maximum absolute atomic E-state index is 6.68. The van der Waals surface area contributed by atoms with Crippen molar-refractivity contribution in [3.05, 3.63) is 84.4 Å². The second-order valence-corrected chi connectivity index (χ2v) is 16.7. The summed E-state index contributed by atoms with van der Waals surface area (Å²) in [6, 6.07) is 26.4. The van der Waals surface area contributed by atoms with E-state index < -0.39 is 54.7 Å². The van der Waals surface area contributed by atoms with E-state index in [9.17, 15) is 0 Å². The highest BCUT2D eigenvalue weighted by Crippen LogP contribution is 2.45. The third-order valence-electron chi connectivity index (χ3n) is 11.6. The van der Waals surface area contributed by atoms with Gasteiger partial charge in [-0.1, -0.05) is 72.8 Å². The first-order valence-electron chi connectivity index (χ1n) is 17.9. The summed E-state index contributed by atoms with van der Waals surface area (Å²) in [7, 11) is -1.74. The minimum atomic E-state index is -0.668. The molecule has 1 unspecified atom stereocenters. The van der Waals surface area contributed by atoms with E-state index in [2.05, 4.69) is 60.6 Å². The van der Waals surface area contributed by atoms with E-state index >= 15 is 0 Å². The standard InChI is InChI=1S/C39H48B3N3O6/c1-34(2)35(3,4)47-40(46-34)30-22-20-28(21-23-30)32-43-31(27-17-13-12-14-18-27)44-33(45-32)29-19-15-16-26(24-29)25-39(11)38(9,10)50-42(51-39)41-48-36(5,6)37(7,8)49-41/h12-24H,25H2,1-11H3. The van der Waals surface area contributed by atoms with Crippen molar-refractivity contribution in [2.24, 2.45) is 0 Å². The second kappa shape index (κ2) is 12.4. The summed E-state index contributed by atoms with van der Waals surface area (Å²) in [5.74, 6) is 1.76.